The maximum atomic E-state index is 11.5. The smallest absolute Gasteiger partial charge is 0.326 e. The van der Waals surface area contributed by atoms with Crippen molar-refractivity contribution in [2.24, 2.45) is 5.73 Å². The van der Waals surface area contributed by atoms with E-state index in [0.717, 1.165) is 6.26 Å². The van der Waals surface area contributed by atoms with Gasteiger partial charge < -0.3 is 25.6 Å². The third-order valence-corrected chi connectivity index (χ3v) is 1.88. The second-order valence-corrected chi connectivity index (χ2v) is 3.24. The largest absolute Gasteiger partial charge is 0.494 e. The molecule has 0 fully saturated rings. The lowest BCUT2D eigenvalue weighted by Gasteiger charge is -2.17. The average molecular weight is 244 g/mol. The van der Waals surface area contributed by atoms with Gasteiger partial charge in [0.1, 0.15) is 25.5 Å². The van der Waals surface area contributed by atoms with Crippen molar-refractivity contribution in [3.8, 4) is 0 Å². The van der Waals surface area contributed by atoms with Crippen LogP contribution in [0.5, 0.6) is 0 Å². The fraction of sp³-hybridized carbons (Fsp3) is 0.444. The fourth-order valence-corrected chi connectivity index (χ4v) is 1.12. The molecule has 1 rings (SSSR count). The second-order valence-electron chi connectivity index (χ2n) is 3.24. The molecule has 0 bridgehead atoms. The fourth-order valence-electron chi connectivity index (χ4n) is 1.12. The quantitative estimate of drug-likeness (QED) is 0.530. The molecule has 1 heterocycles. The van der Waals surface area contributed by atoms with Crippen molar-refractivity contribution in [2.45, 2.75) is 12.5 Å². The highest BCUT2D eigenvalue weighted by atomic mass is 16.6. The Labute approximate surface area is 96.4 Å². The molecule has 0 spiro atoms. The van der Waals surface area contributed by atoms with Gasteiger partial charge in [-0.25, -0.2) is 4.79 Å². The minimum absolute atomic E-state index is 0.132. The third kappa shape index (κ3) is 4.01. The number of carbonyl (C=O) groups is 3. The van der Waals surface area contributed by atoms with Gasteiger partial charge in [0.15, 0.2) is 0 Å². The molecule has 0 unspecified atom stereocenters. The summed E-state index contributed by atoms with van der Waals surface area (Å²) in [6.45, 7) is 0.521. The molecule has 0 aliphatic carbocycles. The number of amides is 2. The van der Waals surface area contributed by atoms with Crippen molar-refractivity contribution in [1.29, 1.82) is 0 Å². The van der Waals surface area contributed by atoms with Crippen LogP contribution >= 0.6 is 0 Å². The first-order valence-electron chi connectivity index (χ1n) is 4.77. The van der Waals surface area contributed by atoms with E-state index in [1.807, 2.05) is 0 Å². The lowest BCUT2D eigenvalue weighted by molar-refractivity contribution is -0.143. The van der Waals surface area contributed by atoms with Crippen LogP contribution in [-0.4, -0.2) is 42.1 Å². The van der Waals surface area contributed by atoms with Crippen molar-refractivity contribution < 1.29 is 29.0 Å². The van der Waals surface area contributed by atoms with Crippen LogP contribution < -0.4 is 11.1 Å². The van der Waals surface area contributed by atoms with Crippen molar-refractivity contribution >= 4 is 17.8 Å². The number of rotatable bonds is 5. The topological polar surface area (TPSA) is 128 Å². The standard InChI is InChI=1S/C9H12N2O6/c10-7(12)3-5(9(14)15)11-8(13)6-4-16-1-2-17-6/h4-5H,1-3H2,(H2,10,12)(H,11,13)(H,14,15)/t5-/m1/s1. The van der Waals surface area contributed by atoms with Gasteiger partial charge in [0.05, 0.1) is 6.42 Å². The first kappa shape index (κ1) is 12.8. The Balaban J connectivity index is 2.60. The van der Waals surface area contributed by atoms with Gasteiger partial charge >= 0.3 is 5.97 Å². The Morgan fingerprint density at radius 2 is 2.18 bits per heavy atom. The Kier molecular flexibility index (Phi) is 4.32. The summed E-state index contributed by atoms with van der Waals surface area (Å²) in [6.07, 6.45) is 0.594. The van der Waals surface area contributed by atoms with E-state index in [2.05, 4.69) is 5.32 Å². The molecule has 8 nitrogen and oxygen atoms in total. The molecule has 0 saturated carbocycles. The van der Waals surface area contributed by atoms with E-state index in [-0.39, 0.29) is 12.4 Å². The second kappa shape index (κ2) is 5.73. The molecular weight excluding hydrogens is 232 g/mol. The lowest BCUT2D eigenvalue weighted by Crippen LogP contribution is -2.44. The molecule has 0 aromatic rings. The van der Waals surface area contributed by atoms with Gasteiger partial charge in [-0.15, -0.1) is 0 Å². The summed E-state index contributed by atoms with van der Waals surface area (Å²) >= 11 is 0. The van der Waals surface area contributed by atoms with Crippen LogP contribution in [0.4, 0.5) is 0 Å². The number of carboxylic acid groups (broad SMARTS) is 1. The van der Waals surface area contributed by atoms with E-state index in [4.69, 9.17) is 20.3 Å². The van der Waals surface area contributed by atoms with Crippen LogP contribution in [-0.2, 0) is 23.9 Å². The van der Waals surface area contributed by atoms with Gasteiger partial charge in [0, 0.05) is 0 Å². The van der Waals surface area contributed by atoms with E-state index < -0.39 is 30.2 Å². The van der Waals surface area contributed by atoms with Crippen LogP contribution in [0.2, 0.25) is 0 Å². The van der Waals surface area contributed by atoms with Gasteiger partial charge in [-0.1, -0.05) is 0 Å². The first-order valence-corrected chi connectivity index (χ1v) is 4.77. The summed E-state index contributed by atoms with van der Waals surface area (Å²) in [5.74, 6) is -3.08. The zero-order chi connectivity index (χ0) is 12.8. The lowest BCUT2D eigenvalue weighted by atomic mass is 10.2. The van der Waals surface area contributed by atoms with Crippen molar-refractivity contribution in [1.82, 2.24) is 5.32 Å². The number of primary amides is 1. The summed E-state index contributed by atoms with van der Waals surface area (Å²) in [5, 5.41) is 10.9. The highest BCUT2D eigenvalue weighted by Crippen LogP contribution is 2.05. The van der Waals surface area contributed by atoms with Crippen LogP contribution in [0, 0.1) is 0 Å². The number of ether oxygens (including phenoxy) is 2. The summed E-state index contributed by atoms with van der Waals surface area (Å²) in [7, 11) is 0. The molecule has 0 aromatic carbocycles. The summed E-state index contributed by atoms with van der Waals surface area (Å²) < 4.78 is 9.78. The molecule has 4 N–H and O–H groups in total. The van der Waals surface area contributed by atoms with Crippen LogP contribution in [0.25, 0.3) is 0 Å². The molecular formula is C9H12N2O6. The predicted octanol–water partition coefficient (Wildman–Crippen LogP) is -1.68. The Hall–Kier alpha value is -2.25. The number of aliphatic carboxylic acids is 1. The number of nitrogens with two attached hydrogens (primary N) is 1. The molecule has 0 radical (unpaired) electrons. The highest BCUT2D eigenvalue weighted by Gasteiger charge is 2.25. The monoisotopic (exact) mass is 244 g/mol. The SMILES string of the molecule is NC(=O)C[C@@H](NC(=O)C1=COCCO1)C(=O)O. The van der Waals surface area contributed by atoms with E-state index in [9.17, 15) is 14.4 Å². The molecule has 0 aromatic heterocycles. The van der Waals surface area contributed by atoms with Crippen molar-refractivity contribution in [3.63, 3.8) is 0 Å². The van der Waals surface area contributed by atoms with E-state index in [1.54, 1.807) is 0 Å². The molecule has 1 aliphatic heterocycles. The minimum Gasteiger partial charge on any atom is -0.494 e. The molecule has 1 aliphatic rings. The Morgan fingerprint density at radius 3 is 2.65 bits per heavy atom. The van der Waals surface area contributed by atoms with Gasteiger partial charge in [-0.05, 0) is 0 Å². The first-order chi connectivity index (χ1) is 8.00. The van der Waals surface area contributed by atoms with Crippen LogP contribution in [0.3, 0.4) is 0 Å². The zero-order valence-corrected chi connectivity index (χ0v) is 8.84. The van der Waals surface area contributed by atoms with Crippen molar-refractivity contribution in [2.75, 3.05) is 13.2 Å². The van der Waals surface area contributed by atoms with E-state index >= 15 is 0 Å². The maximum absolute atomic E-state index is 11.5. The molecule has 8 heteroatoms. The average Bonchev–Trinajstić information content (AvgIpc) is 2.28. The molecule has 94 valence electrons. The zero-order valence-electron chi connectivity index (χ0n) is 8.84. The third-order valence-electron chi connectivity index (χ3n) is 1.88. The van der Waals surface area contributed by atoms with Crippen LogP contribution in [0.1, 0.15) is 6.42 Å². The van der Waals surface area contributed by atoms with Crippen LogP contribution in [0.15, 0.2) is 12.0 Å². The molecule has 1 atom stereocenters. The number of carbonyl (C=O) groups excluding carboxylic acids is 2. The summed E-state index contributed by atoms with van der Waals surface area (Å²) in [6, 6.07) is -1.38. The maximum Gasteiger partial charge on any atom is 0.326 e. The normalized spacial score (nSPS) is 15.9. The van der Waals surface area contributed by atoms with E-state index in [0.29, 0.717) is 6.61 Å². The predicted molar refractivity (Wildman–Crippen MR) is 53.4 cm³/mol. The number of hydrogen-bond acceptors (Lipinski definition) is 5. The number of hydrogen-bond donors (Lipinski definition) is 3. The Bertz CT molecular complexity index is 364. The van der Waals surface area contributed by atoms with Crippen molar-refractivity contribution in [3.05, 3.63) is 12.0 Å². The molecule has 2 amide bonds. The van der Waals surface area contributed by atoms with Gasteiger partial charge in [0.2, 0.25) is 11.7 Å². The van der Waals surface area contributed by atoms with E-state index in [1.165, 1.54) is 0 Å². The number of nitrogens with one attached hydrogen (secondary N) is 1. The van der Waals surface area contributed by atoms with Gasteiger partial charge in [-0.3, -0.25) is 9.59 Å². The molecule has 17 heavy (non-hydrogen) atoms. The highest BCUT2D eigenvalue weighted by molar-refractivity contribution is 5.95. The Morgan fingerprint density at radius 1 is 1.47 bits per heavy atom. The molecule has 0 saturated heterocycles. The van der Waals surface area contributed by atoms with Gasteiger partial charge in [-0.2, -0.15) is 0 Å². The summed E-state index contributed by atoms with van der Waals surface area (Å²) in [5.41, 5.74) is 4.86. The number of carboxylic acids is 1. The van der Waals surface area contributed by atoms with Gasteiger partial charge in [0.25, 0.3) is 5.91 Å². The summed E-state index contributed by atoms with van der Waals surface area (Å²) in [4.78, 5) is 32.8. The minimum atomic E-state index is -1.38.